The Hall–Kier alpha value is -2.89. The molecule has 0 spiro atoms. The molecule has 6 heteroatoms. The Morgan fingerprint density at radius 2 is 1.91 bits per heavy atom. The maximum absolute atomic E-state index is 12.1. The number of benzene rings is 1. The van der Waals surface area contributed by atoms with Crippen LogP contribution in [0.5, 0.6) is 11.5 Å². The van der Waals surface area contributed by atoms with Gasteiger partial charge in [-0.05, 0) is 31.2 Å². The second-order valence-corrected chi connectivity index (χ2v) is 4.45. The van der Waals surface area contributed by atoms with E-state index in [-0.39, 0.29) is 5.91 Å². The van der Waals surface area contributed by atoms with E-state index in [1.807, 2.05) is 12.1 Å². The fraction of sp³-hybridized carbons (Fsp3) is 0.188. The summed E-state index contributed by atoms with van der Waals surface area (Å²) in [4.78, 5) is 16.1. The number of carbonyl (C=O) groups is 1. The minimum atomic E-state index is -0.329. The highest BCUT2D eigenvalue weighted by Gasteiger charge is 2.10. The molecule has 1 heterocycles. The van der Waals surface area contributed by atoms with Gasteiger partial charge in [-0.1, -0.05) is 6.07 Å². The Bertz CT molecular complexity index is 684. The normalized spacial score (nSPS) is 11.0. The molecular weight excluding hydrogens is 282 g/mol. The monoisotopic (exact) mass is 299 g/mol. The molecule has 0 aliphatic heterocycles. The number of nitrogens with zero attached hydrogens (tertiary/aromatic N) is 2. The van der Waals surface area contributed by atoms with Crippen molar-refractivity contribution in [2.24, 2.45) is 5.10 Å². The molecule has 0 radical (unpaired) electrons. The van der Waals surface area contributed by atoms with E-state index in [9.17, 15) is 4.79 Å². The summed E-state index contributed by atoms with van der Waals surface area (Å²) in [6.45, 7) is 1.80. The molecule has 1 N–H and O–H groups in total. The zero-order valence-corrected chi connectivity index (χ0v) is 12.7. The molecule has 2 rings (SSSR count). The predicted octanol–water partition coefficient (Wildman–Crippen LogP) is 2.25. The highest BCUT2D eigenvalue weighted by Crippen LogP contribution is 2.27. The molecule has 0 fully saturated rings. The highest BCUT2D eigenvalue weighted by atomic mass is 16.5. The van der Waals surface area contributed by atoms with E-state index in [0.29, 0.717) is 22.8 Å². The Morgan fingerprint density at radius 1 is 1.14 bits per heavy atom. The first-order valence-corrected chi connectivity index (χ1v) is 6.62. The van der Waals surface area contributed by atoms with Crippen molar-refractivity contribution in [1.29, 1.82) is 0 Å². The van der Waals surface area contributed by atoms with Crippen molar-refractivity contribution < 1.29 is 14.3 Å². The molecule has 2 aromatic rings. The quantitative estimate of drug-likeness (QED) is 0.679. The number of methoxy groups -OCH3 is 2. The van der Waals surface area contributed by atoms with Crippen LogP contribution in [0.15, 0.2) is 47.8 Å². The van der Waals surface area contributed by atoms with E-state index >= 15 is 0 Å². The number of nitrogens with one attached hydrogen (secondary N) is 1. The molecule has 0 aliphatic carbocycles. The minimum Gasteiger partial charge on any atom is -0.493 e. The molecule has 0 saturated heterocycles. The van der Waals surface area contributed by atoms with Crippen LogP contribution in [0.25, 0.3) is 0 Å². The van der Waals surface area contributed by atoms with E-state index in [4.69, 9.17) is 9.47 Å². The minimum absolute atomic E-state index is 0.329. The molecule has 114 valence electrons. The lowest BCUT2D eigenvalue weighted by Gasteiger charge is -2.09. The molecule has 1 aromatic heterocycles. The van der Waals surface area contributed by atoms with Gasteiger partial charge in [-0.3, -0.25) is 9.78 Å². The third-order valence-corrected chi connectivity index (χ3v) is 3.05. The zero-order valence-electron chi connectivity index (χ0n) is 12.7. The summed E-state index contributed by atoms with van der Waals surface area (Å²) in [6, 6.07) is 8.60. The molecule has 0 saturated carbocycles. The Kier molecular flexibility index (Phi) is 5.08. The van der Waals surface area contributed by atoms with Gasteiger partial charge < -0.3 is 9.47 Å². The SMILES string of the molecule is COc1ccc(C(=O)N/N=C(/C)c2cccnc2)cc1OC. The largest absolute Gasteiger partial charge is 0.493 e. The smallest absolute Gasteiger partial charge is 0.271 e. The van der Waals surface area contributed by atoms with Crippen LogP contribution in [-0.2, 0) is 0 Å². The fourth-order valence-electron chi connectivity index (χ4n) is 1.82. The molecule has 0 bridgehead atoms. The topological polar surface area (TPSA) is 72.8 Å². The van der Waals surface area contributed by atoms with Crippen LogP contribution in [0.4, 0.5) is 0 Å². The van der Waals surface area contributed by atoms with Crippen molar-refractivity contribution in [3.63, 3.8) is 0 Å². The van der Waals surface area contributed by atoms with Crippen molar-refractivity contribution in [3.05, 3.63) is 53.9 Å². The summed E-state index contributed by atoms with van der Waals surface area (Å²) in [5, 5.41) is 4.07. The Labute approximate surface area is 128 Å². The number of amides is 1. The molecule has 0 unspecified atom stereocenters. The Morgan fingerprint density at radius 3 is 2.55 bits per heavy atom. The van der Waals surface area contributed by atoms with Gasteiger partial charge in [-0.25, -0.2) is 5.43 Å². The lowest BCUT2D eigenvalue weighted by atomic mass is 10.2. The van der Waals surface area contributed by atoms with E-state index in [0.717, 1.165) is 5.56 Å². The third kappa shape index (κ3) is 3.60. The van der Waals surface area contributed by atoms with Gasteiger partial charge in [-0.15, -0.1) is 0 Å². The number of hydrogen-bond donors (Lipinski definition) is 1. The number of aromatic nitrogens is 1. The summed E-state index contributed by atoms with van der Waals surface area (Å²) in [6.07, 6.45) is 3.36. The van der Waals surface area contributed by atoms with E-state index in [2.05, 4.69) is 15.5 Å². The van der Waals surface area contributed by atoms with Crippen LogP contribution in [0.2, 0.25) is 0 Å². The van der Waals surface area contributed by atoms with Crippen molar-refractivity contribution in [2.75, 3.05) is 14.2 Å². The lowest BCUT2D eigenvalue weighted by molar-refractivity contribution is 0.0954. The third-order valence-electron chi connectivity index (χ3n) is 3.05. The summed E-state index contributed by atoms with van der Waals surface area (Å²) < 4.78 is 10.3. The maximum atomic E-state index is 12.1. The molecular formula is C16H17N3O3. The van der Waals surface area contributed by atoms with Crippen molar-refractivity contribution in [1.82, 2.24) is 10.4 Å². The van der Waals surface area contributed by atoms with Gasteiger partial charge in [0.1, 0.15) is 0 Å². The van der Waals surface area contributed by atoms with E-state index in [1.54, 1.807) is 44.6 Å². The van der Waals surface area contributed by atoms with E-state index < -0.39 is 0 Å². The summed E-state index contributed by atoms with van der Waals surface area (Å²) in [5.41, 5.74) is 4.45. The average Bonchev–Trinajstić information content (AvgIpc) is 2.59. The van der Waals surface area contributed by atoms with Crippen LogP contribution >= 0.6 is 0 Å². The molecule has 6 nitrogen and oxygen atoms in total. The molecule has 0 atom stereocenters. The number of carbonyl (C=O) groups excluding carboxylic acids is 1. The van der Waals surface area contributed by atoms with Gasteiger partial charge >= 0.3 is 0 Å². The van der Waals surface area contributed by atoms with Gasteiger partial charge in [0.05, 0.1) is 19.9 Å². The Balaban J connectivity index is 2.12. The fourth-order valence-corrected chi connectivity index (χ4v) is 1.82. The number of hydrogen-bond acceptors (Lipinski definition) is 5. The van der Waals surface area contributed by atoms with Crippen LogP contribution < -0.4 is 14.9 Å². The summed E-state index contributed by atoms with van der Waals surface area (Å²) >= 11 is 0. The van der Waals surface area contributed by atoms with E-state index in [1.165, 1.54) is 7.11 Å². The highest BCUT2D eigenvalue weighted by molar-refractivity contribution is 6.00. The van der Waals surface area contributed by atoms with Gasteiger partial charge in [0.15, 0.2) is 11.5 Å². The lowest BCUT2D eigenvalue weighted by Crippen LogP contribution is -2.19. The summed E-state index contributed by atoms with van der Waals surface area (Å²) in [7, 11) is 3.06. The first-order chi connectivity index (χ1) is 10.7. The van der Waals surface area contributed by atoms with Crippen LogP contribution in [0, 0.1) is 0 Å². The van der Waals surface area contributed by atoms with Crippen LogP contribution in [0.3, 0.4) is 0 Å². The zero-order chi connectivity index (χ0) is 15.9. The molecule has 1 amide bonds. The van der Waals surface area contributed by atoms with Crippen molar-refractivity contribution in [3.8, 4) is 11.5 Å². The standard InChI is InChI=1S/C16H17N3O3/c1-11(13-5-4-8-17-10-13)18-19-16(20)12-6-7-14(21-2)15(9-12)22-3/h4-10H,1-3H3,(H,19,20)/b18-11-. The second-order valence-electron chi connectivity index (χ2n) is 4.45. The van der Waals surface area contributed by atoms with Gasteiger partial charge in [-0.2, -0.15) is 5.10 Å². The molecule has 1 aromatic carbocycles. The number of rotatable bonds is 5. The first-order valence-electron chi connectivity index (χ1n) is 6.62. The predicted molar refractivity (Wildman–Crippen MR) is 83.5 cm³/mol. The van der Waals surface area contributed by atoms with Crippen LogP contribution in [-0.4, -0.2) is 30.8 Å². The van der Waals surface area contributed by atoms with Crippen molar-refractivity contribution in [2.45, 2.75) is 6.92 Å². The molecule has 0 aliphatic rings. The average molecular weight is 299 g/mol. The van der Waals surface area contributed by atoms with Gasteiger partial charge in [0, 0.05) is 23.5 Å². The number of ether oxygens (including phenoxy) is 2. The van der Waals surface area contributed by atoms with Gasteiger partial charge in [0.25, 0.3) is 5.91 Å². The van der Waals surface area contributed by atoms with Gasteiger partial charge in [0.2, 0.25) is 0 Å². The number of hydrazone groups is 1. The van der Waals surface area contributed by atoms with Crippen molar-refractivity contribution >= 4 is 11.6 Å². The maximum Gasteiger partial charge on any atom is 0.271 e. The first kappa shape index (κ1) is 15.5. The van der Waals surface area contributed by atoms with Crippen LogP contribution in [0.1, 0.15) is 22.8 Å². The second kappa shape index (κ2) is 7.21. The molecule has 22 heavy (non-hydrogen) atoms. The number of pyridine rings is 1. The summed E-state index contributed by atoms with van der Waals surface area (Å²) in [5.74, 6) is 0.724.